The van der Waals surface area contributed by atoms with Crippen molar-refractivity contribution in [3.05, 3.63) is 35.9 Å². The topological polar surface area (TPSA) is 116 Å². The van der Waals surface area contributed by atoms with Gasteiger partial charge in [0, 0.05) is 30.8 Å². The summed E-state index contributed by atoms with van der Waals surface area (Å²) in [7, 11) is 0. The fourth-order valence-electron chi connectivity index (χ4n) is 4.41. The van der Waals surface area contributed by atoms with E-state index in [0.717, 1.165) is 31.3 Å². The van der Waals surface area contributed by atoms with E-state index < -0.39 is 23.7 Å². The SMILES string of the molecule is CCC(=O)Nc1ccc2nnc([C@H]3CCC[C@@H](Nc4ncc(C(F)(F)F)c(OC5COC5)n4)C3)n2c1. The van der Waals surface area contributed by atoms with Gasteiger partial charge >= 0.3 is 6.18 Å². The third kappa shape index (κ3) is 5.20. The molecule has 1 saturated carbocycles. The number of nitrogens with zero attached hydrogens (tertiary/aromatic N) is 5. The Labute approximate surface area is 204 Å². The molecule has 10 nitrogen and oxygen atoms in total. The molecule has 2 N–H and O–H groups in total. The highest BCUT2D eigenvalue weighted by Gasteiger charge is 2.38. The molecule has 3 aromatic rings. The van der Waals surface area contributed by atoms with Crippen LogP contribution in [0.15, 0.2) is 24.5 Å². The van der Waals surface area contributed by atoms with E-state index in [1.807, 2.05) is 10.6 Å². The molecule has 2 fully saturated rings. The molecule has 4 heterocycles. The first-order valence-electron chi connectivity index (χ1n) is 11.9. The number of hydrogen-bond donors (Lipinski definition) is 2. The molecule has 3 aromatic heterocycles. The molecule has 0 radical (unpaired) electrons. The van der Waals surface area contributed by atoms with Crippen LogP contribution < -0.4 is 15.4 Å². The largest absolute Gasteiger partial charge is 0.469 e. The molecule has 0 aromatic carbocycles. The minimum absolute atomic E-state index is 0.0562. The van der Waals surface area contributed by atoms with Crippen molar-refractivity contribution in [2.75, 3.05) is 23.8 Å². The molecule has 1 aliphatic heterocycles. The third-order valence-corrected chi connectivity index (χ3v) is 6.35. The number of halogens is 3. The van der Waals surface area contributed by atoms with Crippen molar-refractivity contribution in [3.63, 3.8) is 0 Å². The summed E-state index contributed by atoms with van der Waals surface area (Å²) in [5.41, 5.74) is 0.313. The molecule has 1 amide bonds. The molecule has 1 saturated heterocycles. The number of pyridine rings is 1. The highest BCUT2D eigenvalue weighted by atomic mass is 19.4. The van der Waals surface area contributed by atoms with Gasteiger partial charge in [-0.15, -0.1) is 10.2 Å². The van der Waals surface area contributed by atoms with Crippen molar-refractivity contribution < 1.29 is 27.4 Å². The molecule has 1 aliphatic carbocycles. The number of carbonyl (C=O) groups excluding carboxylic acids is 1. The highest BCUT2D eigenvalue weighted by Crippen LogP contribution is 2.37. The quantitative estimate of drug-likeness (QED) is 0.498. The molecule has 2 atom stereocenters. The van der Waals surface area contributed by atoms with Gasteiger partial charge in [0.25, 0.3) is 0 Å². The number of alkyl halides is 3. The van der Waals surface area contributed by atoms with Crippen molar-refractivity contribution in [2.45, 2.75) is 63.3 Å². The number of amides is 1. The molecule has 0 bridgehead atoms. The number of fused-ring (bicyclic) bond motifs is 1. The monoisotopic (exact) mass is 505 g/mol. The van der Waals surface area contributed by atoms with E-state index >= 15 is 0 Å². The molecular formula is C23H26F3N7O3. The number of carbonyl (C=O) groups is 1. The van der Waals surface area contributed by atoms with Gasteiger partial charge in [0.2, 0.25) is 17.7 Å². The summed E-state index contributed by atoms with van der Waals surface area (Å²) in [5, 5.41) is 14.7. The summed E-state index contributed by atoms with van der Waals surface area (Å²) >= 11 is 0. The standard InChI is InChI=1S/C23H26F3N7O3/c1-2-19(34)28-15-6-7-18-31-32-20(33(18)10-15)13-4-3-5-14(8-13)29-22-27-9-17(23(24,25)26)21(30-22)36-16-11-35-12-16/h6-7,9-10,13-14,16H,2-5,8,11-12H2,1H3,(H,28,34)(H,27,29,30)/t13-,14+/m0/s1. The van der Waals surface area contributed by atoms with Gasteiger partial charge in [0.15, 0.2) is 5.65 Å². The van der Waals surface area contributed by atoms with Gasteiger partial charge in [0.1, 0.15) is 17.5 Å². The van der Waals surface area contributed by atoms with Crippen molar-refractivity contribution in [1.82, 2.24) is 24.6 Å². The molecule has 36 heavy (non-hydrogen) atoms. The molecule has 13 heteroatoms. The first-order valence-corrected chi connectivity index (χ1v) is 11.9. The Morgan fingerprint density at radius 2 is 2.08 bits per heavy atom. The minimum atomic E-state index is -4.63. The zero-order valence-electron chi connectivity index (χ0n) is 19.6. The zero-order valence-corrected chi connectivity index (χ0v) is 19.6. The Hall–Kier alpha value is -3.48. The Morgan fingerprint density at radius 1 is 1.25 bits per heavy atom. The summed E-state index contributed by atoms with van der Waals surface area (Å²) in [6.45, 7) is 2.24. The smallest absolute Gasteiger partial charge is 0.423 e. The van der Waals surface area contributed by atoms with Crippen molar-refractivity contribution in [3.8, 4) is 5.88 Å². The lowest BCUT2D eigenvalue weighted by molar-refractivity contribution is -0.142. The van der Waals surface area contributed by atoms with Gasteiger partial charge in [-0.2, -0.15) is 18.2 Å². The van der Waals surface area contributed by atoms with Crippen LogP contribution in [-0.4, -0.2) is 55.8 Å². The first kappa shape index (κ1) is 24.2. The molecule has 2 aliphatic rings. The maximum atomic E-state index is 13.4. The average molecular weight is 506 g/mol. The van der Waals surface area contributed by atoms with Crippen LogP contribution in [0.4, 0.5) is 24.8 Å². The van der Waals surface area contributed by atoms with Crippen LogP contribution >= 0.6 is 0 Å². The lowest BCUT2D eigenvalue weighted by Crippen LogP contribution is -2.39. The molecular weight excluding hydrogens is 479 g/mol. The third-order valence-electron chi connectivity index (χ3n) is 6.35. The minimum Gasteiger partial charge on any atom is -0.469 e. The lowest BCUT2D eigenvalue weighted by atomic mass is 9.85. The van der Waals surface area contributed by atoms with E-state index in [1.165, 1.54) is 0 Å². The Kier molecular flexibility index (Phi) is 6.65. The molecule has 5 rings (SSSR count). The molecule has 0 spiro atoms. The maximum absolute atomic E-state index is 13.4. The van der Waals surface area contributed by atoms with Gasteiger partial charge in [-0.3, -0.25) is 9.20 Å². The predicted octanol–water partition coefficient (Wildman–Crippen LogP) is 3.80. The van der Waals surface area contributed by atoms with Crippen LogP contribution in [0.3, 0.4) is 0 Å². The second-order valence-corrected chi connectivity index (χ2v) is 9.00. The number of aromatic nitrogens is 5. The zero-order chi connectivity index (χ0) is 25.3. The molecule has 0 unspecified atom stereocenters. The Bertz CT molecular complexity index is 1250. The fourth-order valence-corrected chi connectivity index (χ4v) is 4.41. The van der Waals surface area contributed by atoms with Crippen LogP contribution in [0.1, 0.15) is 56.3 Å². The fraction of sp³-hybridized carbons (Fsp3) is 0.522. The Morgan fingerprint density at radius 3 is 2.81 bits per heavy atom. The Balaban J connectivity index is 1.32. The van der Waals surface area contributed by atoms with Crippen LogP contribution in [0.2, 0.25) is 0 Å². The highest BCUT2D eigenvalue weighted by molar-refractivity contribution is 5.90. The maximum Gasteiger partial charge on any atom is 0.423 e. The van der Waals surface area contributed by atoms with Crippen molar-refractivity contribution >= 4 is 23.2 Å². The average Bonchev–Trinajstić information content (AvgIpc) is 3.24. The van der Waals surface area contributed by atoms with E-state index in [-0.39, 0.29) is 37.0 Å². The van der Waals surface area contributed by atoms with Gasteiger partial charge in [-0.25, -0.2) is 4.98 Å². The van der Waals surface area contributed by atoms with Gasteiger partial charge in [-0.05, 0) is 31.4 Å². The number of nitrogens with one attached hydrogen (secondary N) is 2. The van der Waals surface area contributed by atoms with E-state index in [4.69, 9.17) is 9.47 Å². The van der Waals surface area contributed by atoms with Crippen LogP contribution in [0.25, 0.3) is 5.65 Å². The van der Waals surface area contributed by atoms with E-state index in [0.29, 0.717) is 24.2 Å². The van der Waals surface area contributed by atoms with Crippen LogP contribution in [-0.2, 0) is 15.7 Å². The summed E-state index contributed by atoms with van der Waals surface area (Å²) in [6, 6.07) is 3.50. The van der Waals surface area contributed by atoms with Crippen molar-refractivity contribution in [2.24, 2.45) is 0 Å². The van der Waals surface area contributed by atoms with Gasteiger partial charge in [0.05, 0.1) is 18.9 Å². The first-order chi connectivity index (χ1) is 17.3. The normalized spacial score (nSPS) is 20.7. The predicted molar refractivity (Wildman–Crippen MR) is 123 cm³/mol. The summed E-state index contributed by atoms with van der Waals surface area (Å²) < 4.78 is 52.5. The number of ether oxygens (including phenoxy) is 2. The molecule has 192 valence electrons. The summed E-state index contributed by atoms with van der Waals surface area (Å²) in [4.78, 5) is 19.7. The number of hydrogen-bond acceptors (Lipinski definition) is 8. The second-order valence-electron chi connectivity index (χ2n) is 9.00. The van der Waals surface area contributed by atoms with Crippen LogP contribution in [0, 0.1) is 0 Å². The van der Waals surface area contributed by atoms with Crippen molar-refractivity contribution in [1.29, 1.82) is 0 Å². The lowest BCUT2D eigenvalue weighted by Gasteiger charge is -2.30. The summed E-state index contributed by atoms with van der Waals surface area (Å²) in [6.07, 6.45) is 1.09. The van der Waals surface area contributed by atoms with Crippen LogP contribution in [0.5, 0.6) is 5.88 Å². The second kappa shape index (κ2) is 9.88. The van der Waals surface area contributed by atoms with E-state index in [9.17, 15) is 18.0 Å². The van der Waals surface area contributed by atoms with E-state index in [1.54, 1.807) is 19.1 Å². The van der Waals surface area contributed by atoms with E-state index in [2.05, 4.69) is 30.8 Å². The summed E-state index contributed by atoms with van der Waals surface area (Å²) in [5.74, 6) is 0.327. The number of rotatable bonds is 7. The van der Waals surface area contributed by atoms with Gasteiger partial charge < -0.3 is 20.1 Å². The van der Waals surface area contributed by atoms with Gasteiger partial charge in [-0.1, -0.05) is 13.3 Å². The number of anilines is 2.